The number of carbonyl (C=O) groups is 2. The molecule has 116 valence electrons. The van der Waals surface area contributed by atoms with Gasteiger partial charge in [-0.1, -0.05) is 13.3 Å². The highest BCUT2D eigenvalue weighted by Gasteiger charge is 2.27. The summed E-state index contributed by atoms with van der Waals surface area (Å²) < 4.78 is 0. The average Bonchev–Trinajstić information content (AvgIpc) is 2.42. The van der Waals surface area contributed by atoms with E-state index in [0.717, 1.165) is 25.9 Å². The van der Waals surface area contributed by atoms with E-state index in [4.69, 9.17) is 5.11 Å². The maximum Gasteiger partial charge on any atom is 0.320 e. The predicted molar refractivity (Wildman–Crippen MR) is 78.7 cm³/mol. The third kappa shape index (κ3) is 5.02. The smallest absolute Gasteiger partial charge is 0.320 e. The number of carboxylic acids is 1. The number of carboxylic acid groups (broad SMARTS) is 1. The molecule has 0 aromatic carbocycles. The van der Waals surface area contributed by atoms with Crippen LogP contribution in [0.3, 0.4) is 0 Å². The first kappa shape index (κ1) is 16.8. The number of hydrogen-bond acceptors (Lipinski definition) is 2. The minimum Gasteiger partial charge on any atom is -0.481 e. The first-order chi connectivity index (χ1) is 9.45. The molecule has 5 nitrogen and oxygen atoms in total. The second-order valence-corrected chi connectivity index (χ2v) is 5.93. The average molecular weight is 284 g/mol. The van der Waals surface area contributed by atoms with Gasteiger partial charge in [0.2, 0.25) is 0 Å². The monoisotopic (exact) mass is 284 g/mol. The molecule has 2 amide bonds. The molecule has 0 saturated carbocycles. The molecule has 5 heteroatoms. The maximum absolute atomic E-state index is 12.6. The molecule has 1 N–H and O–H groups in total. The maximum atomic E-state index is 12.6. The minimum atomic E-state index is -0.801. The summed E-state index contributed by atoms with van der Waals surface area (Å²) in [5.74, 6) is -0.189. The normalized spacial score (nSPS) is 19.2. The van der Waals surface area contributed by atoms with Gasteiger partial charge in [-0.15, -0.1) is 0 Å². The number of likely N-dealkylation sites (tertiary alicyclic amines) is 1. The van der Waals surface area contributed by atoms with Gasteiger partial charge in [-0.3, -0.25) is 4.79 Å². The van der Waals surface area contributed by atoms with Crippen molar-refractivity contribution in [3.8, 4) is 0 Å². The molecule has 1 unspecified atom stereocenters. The Morgan fingerprint density at radius 1 is 1.40 bits per heavy atom. The third-order valence-corrected chi connectivity index (χ3v) is 4.03. The van der Waals surface area contributed by atoms with E-state index in [9.17, 15) is 9.59 Å². The summed E-state index contributed by atoms with van der Waals surface area (Å²) in [7, 11) is 0. The molecule has 1 rings (SSSR count). The van der Waals surface area contributed by atoms with Gasteiger partial charge in [0.25, 0.3) is 0 Å². The molecule has 1 atom stereocenters. The van der Waals surface area contributed by atoms with Gasteiger partial charge in [-0.05, 0) is 39.0 Å². The van der Waals surface area contributed by atoms with Crippen LogP contribution >= 0.6 is 0 Å². The lowest BCUT2D eigenvalue weighted by Gasteiger charge is -2.37. The molecule has 1 heterocycles. The summed E-state index contributed by atoms with van der Waals surface area (Å²) in [5.41, 5.74) is 0. The molecule has 0 spiro atoms. The molecule has 0 bridgehead atoms. The van der Waals surface area contributed by atoms with Crippen molar-refractivity contribution in [2.45, 2.75) is 58.9 Å². The molecule has 1 fully saturated rings. The Bertz CT molecular complexity index is 331. The van der Waals surface area contributed by atoms with Crippen molar-refractivity contribution in [1.82, 2.24) is 9.80 Å². The first-order valence-electron chi connectivity index (χ1n) is 7.73. The molecule has 0 aliphatic carbocycles. The highest BCUT2D eigenvalue weighted by molar-refractivity contribution is 5.75. The zero-order valence-corrected chi connectivity index (χ0v) is 13.0. The van der Waals surface area contributed by atoms with Crippen LogP contribution < -0.4 is 0 Å². The lowest BCUT2D eigenvalue weighted by molar-refractivity contribution is -0.137. The van der Waals surface area contributed by atoms with Gasteiger partial charge in [0, 0.05) is 32.1 Å². The molecular weight excluding hydrogens is 256 g/mol. The van der Waals surface area contributed by atoms with Crippen molar-refractivity contribution < 1.29 is 14.7 Å². The lowest BCUT2D eigenvalue weighted by atomic mass is 9.96. The number of rotatable bonds is 6. The van der Waals surface area contributed by atoms with Crippen molar-refractivity contribution in [3.05, 3.63) is 0 Å². The number of aliphatic carboxylic acids is 1. The lowest BCUT2D eigenvalue weighted by Crippen LogP contribution is -2.50. The van der Waals surface area contributed by atoms with E-state index in [1.54, 1.807) is 4.90 Å². The van der Waals surface area contributed by atoms with E-state index < -0.39 is 5.97 Å². The predicted octanol–water partition coefficient (Wildman–Crippen LogP) is 2.80. The molecular formula is C15H28N2O3. The van der Waals surface area contributed by atoms with Crippen molar-refractivity contribution in [1.29, 1.82) is 0 Å². The van der Waals surface area contributed by atoms with Gasteiger partial charge in [-0.25, -0.2) is 4.79 Å². The van der Waals surface area contributed by atoms with Gasteiger partial charge < -0.3 is 14.9 Å². The van der Waals surface area contributed by atoms with Gasteiger partial charge in [0.1, 0.15) is 0 Å². The fourth-order valence-corrected chi connectivity index (χ4v) is 2.73. The van der Waals surface area contributed by atoms with Crippen LogP contribution in [0.1, 0.15) is 52.9 Å². The Labute approximate surface area is 121 Å². The van der Waals surface area contributed by atoms with E-state index in [1.165, 1.54) is 6.42 Å². The fraction of sp³-hybridized carbons (Fsp3) is 0.867. The van der Waals surface area contributed by atoms with Crippen molar-refractivity contribution in [2.75, 3.05) is 19.6 Å². The van der Waals surface area contributed by atoms with Crippen LogP contribution in [0.5, 0.6) is 0 Å². The minimum absolute atomic E-state index is 0.0727. The largest absolute Gasteiger partial charge is 0.481 e. The Morgan fingerprint density at radius 3 is 2.65 bits per heavy atom. The molecule has 1 aliphatic heterocycles. The number of hydrogen-bond donors (Lipinski definition) is 1. The van der Waals surface area contributed by atoms with E-state index in [2.05, 4.69) is 6.92 Å². The van der Waals surface area contributed by atoms with Crippen LogP contribution in [0.25, 0.3) is 0 Å². The number of urea groups is 1. The summed E-state index contributed by atoms with van der Waals surface area (Å²) >= 11 is 0. The number of amides is 2. The Kier molecular flexibility index (Phi) is 6.82. The van der Waals surface area contributed by atoms with Crippen LogP contribution in [-0.4, -0.2) is 52.6 Å². The summed E-state index contributed by atoms with van der Waals surface area (Å²) in [5, 5.41) is 8.71. The van der Waals surface area contributed by atoms with Crippen LogP contribution in [0.4, 0.5) is 4.79 Å². The van der Waals surface area contributed by atoms with Crippen molar-refractivity contribution in [2.24, 2.45) is 5.92 Å². The molecule has 0 radical (unpaired) electrons. The second kappa shape index (κ2) is 8.12. The van der Waals surface area contributed by atoms with Crippen molar-refractivity contribution in [3.63, 3.8) is 0 Å². The first-order valence-corrected chi connectivity index (χ1v) is 7.73. The topological polar surface area (TPSA) is 60.9 Å². The highest BCUT2D eigenvalue weighted by Crippen LogP contribution is 2.21. The molecule has 20 heavy (non-hydrogen) atoms. The summed E-state index contributed by atoms with van der Waals surface area (Å²) in [4.78, 5) is 26.9. The second-order valence-electron chi connectivity index (χ2n) is 5.93. The zero-order chi connectivity index (χ0) is 15.1. The van der Waals surface area contributed by atoms with Crippen LogP contribution in [-0.2, 0) is 4.79 Å². The quantitative estimate of drug-likeness (QED) is 0.816. The zero-order valence-electron chi connectivity index (χ0n) is 13.0. The van der Waals surface area contributed by atoms with Crippen LogP contribution in [0.2, 0.25) is 0 Å². The van der Waals surface area contributed by atoms with E-state index in [0.29, 0.717) is 18.9 Å². The van der Waals surface area contributed by atoms with Gasteiger partial charge in [-0.2, -0.15) is 0 Å². The van der Waals surface area contributed by atoms with Gasteiger partial charge in [0.15, 0.2) is 0 Å². The Balaban J connectivity index is 2.56. The van der Waals surface area contributed by atoms with Crippen LogP contribution in [0.15, 0.2) is 0 Å². The molecule has 0 aromatic rings. The van der Waals surface area contributed by atoms with E-state index in [-0.39, 0.29) is 18.5 Å². The van der Waals surface area contributed by atoms with E-state index >= 15 is 0 Å². The van der Waals surface area contributed by atoms with Gasteiger partial charge >= 0.3 is 12.0 Å². The molecule has 1 aliphatic rings. The summed E-state index contributed by atoms with van der Waals surface area (Å²) in [6.45, 7) is 8.34. The van der Waals surface area contributed by atoms with Crippen LogP contribution in [0, 0.1) is 5.92 Å². The molecule has 1 saturated heterocycles. The highest BCUT2D eigenvalue weighted by atomic mass is 16.4. The van der Waals surface area contributed by atoms with E-state index in [1.807, 2.05) is 18.7 Å². The SMILES string of the molecule is CCC1CCCN(C(=O)N(CCCC(=O)O)C(C)C)C1. The Morgan fingerprint density at radius 2 is 2.10 bits per heavy atom. The summed E-state index contributed by atoms with van der Waals surface area (Å²) in [6.07, 6.45) is 4.04. The third-order valence-electron chi connectivity index (χ3n) is 4.03. The van der Waals surface area contributed by atoms with Gasteiger partial charge in [0.05, 0.1) is 0 Å². The standard InChI is InChI=1S/C15H28N2O3/c1-4-13-7-5-9-16(11-13)15(20)17(12(2)3)10-6-8-14(18)19/h12-13H,4-11H2,1-3H3,(H,18,19). The number of nitrogens with zero attached hydrogens (tertiary/aromatic N) is 2. The fourth-order valence-electron chi connectivity index (χ4n) is 2.73. The summed E-state index contributed by atoms with van der Waals surface area (Å²) in [6, 6.07) is 0.182. The molecule has 0 aromatic heterocycles. The Hall–Kier alpha value is -1.26. The number of piperidine rings is 1. The van der Waals surface area contributed by atoms with Crippen molar-refractivity contribution >= 4 is 12.0 Å². The number of carbonyl (C=O) groups excluding carboxylic acids is 1.